The second kappa shape index (κ2) is 8.15. The Bertz CT molecular complexity index is 1040. The van der Waals surface area contributed by atoms with Crippen LogP contribution in [0.3, 0.4) is 0 Å². The molecule has 0 bridgehead atoms. The maximum Gasteiger partial charge on any atom is 0.244 e. The van der Waals surface area contributed by atoms with Gasteiger partial charge in [0.2, 0.25) is 20.0 Å². The van der Waals surface area contributed by atoms with Gasteiger partial charge in [0.05, 0.1) is 18.0 Å². The van der Waals surface area contributed by atoms with Crippen LogP contribution in [0.15, 0.2) is 53.4 Å². The van der Waals surface area contributed by atoms with Gasteiger partial charge in [-0.15, -0.1) is 0 Å². The average Bonchev–Trinajstić information content (AvgIpc) is 2.53. The Balaban J connectivity index is 2.14. The SMILES string of the molecule is C[C@@H](NS(=O)(=O)c1ccc(NS(C)(=O)=O)cc1F)C(=O)Cc1ccccc1. The molecule has 2 aromatic rings. The van der Waals surface area contributed by atoms with Crippen molar-refractivity contribution in [2.45, 2.75) is 24.3 Å². The summed E-state index contributed by atoms with van der Waals surface area (Å²) in [7, 11) is -7.94. The minimum absolute atomic E-state index is 0.0320. The summed E-state index contributed by atoms with van der Waals surface area (Å²) < 4.78 is 65.5. The monoisotopic (exact) mass is 414 g/mol. The first-order chi connectivity index (χ1) is 12.5. The van der Waals surface area contributed by atoms with Crippen LogP contribution < -0.4 is 9.44 Å². The quantitative estimate of drug-likeness (QED) is 0.683. The molecule has 10 heteroatoms. The van der Waals surface area contributed by atoms with Crippen LogP contribution >= 0.6 is 0 Å². The number of anilines is 1. The number of carbonyl (C=O) groups excluding carboxylic acids is 1. The zero-order chi connectivity index (χ0) is 20.2. The van der Waals surface area contributed by atoms with Gasteiger partial charge in [-0.1, -0.05) is 30.3 Å². The van der Waals surface area contributed by atoms with Gasteiger partial charge in [0, 0.05) is 6.42 Å². The van der Waals surface area contributed by atoms with E-state index in [2.05, 4.69) is 4.72 Å². The molecular weight excluding hydrogens is 395 g/mol. The van der Waals surface area contributed by atoms with Crippen molar-refractivity contribution in [3.63, 3.8) is 0 Å². The minimum atomic E-state index is -4.31. The largest absolute Gasteiger partial charge is 0.298 e. The van der Waals surface area contributed by atoms with Gasteiger partial charge >= 0.3 is 0 Å². The number of carbonyl (C=O) groups is 1. The van der Waals surface area contributed by atoms with Crippen LogP contribution in [-0.2, 0) is 31.3 Å². The van der Waals surface area contributed by atoms with E-state index >= 15 is 0 Å². The minimum Gasteiger partial charge on any atom is -0.298 e. The summed E-state index contributed by atoms with van der Waals surface area (Å²) in [4.78, 5) is 11.5. The van der Waals surface area contributed by atoms with E-state index in [1.54, 1.807) is 30.3 Å². The number of sulfonamides is 2. The molecule has 0 radical (unpaired) electrons. The molecule has 0 aromatic heterocycles. The van der Waals surface area contributed by atoms with E-state index in [0.717, 1.165) is 30.0 Å². The predicted octanol–water partition coefficient (Wildman–Crippen LogP) is 1.68. The van der Waals surface area contributed by atoms with Crippen LogP contribution in [0, 0.1) is 5.82 Å². The number of nitrogens with one attached hydrogen (secondary N) is 2. The Morgan fingerprint density at radius 1 is 1.07 bits per heavy atom. The molecule has 1 atom stereocenters. The molecule has 2 rings (SSSR count). The molecule has 0 aliphatic rings. The highest BCUT2D eigenvalue weighted by Gasteiger charge is 2.25. The second-order valence-electron chi connectivity index (χ2n) is 5.99. The molecule has 0 unspecified atom stereocenters. The number of hydrogen-bond donors (Lipinski definition) is 2. The lowest BCUT2D eigenvalue weighted by molar-refractivity contribution is -0.119. The molecule has 0 fully saturated rings. The lowest BCUT2D eigenvalue weighted by atomic mass is 10.1. The molecule has 0 saturated heterocycles. The van der Waals surface area contributed by atoms with Crippen molar-refractivity contribution in [3.05, 3.63) is 59.9 Å². The average molecular weight is 414 g/mol. The zero-order valence-corrected chi connectivity index (χ0v) is 16.3. The summed E-state index contributed by atoms with van der Waals surface area (Å²) in [6.45, 7) is 1.38. The molecule has 2 N–H and O–H groups in total. The molecular formula is C17H19FN2O5S2. The number of halogens is 1. The van der Waals surface area contributed by atoms with Crippen molar-refractivity contribution in [1.82, 2.24) is 4.72 Å². The highest BCUT2D eigenvalue weighted by atomic mass is 32.2. The first-order valence-electron chi connectivity index (χ1n) is 7.84. The summed E-state index contributed by atoms with van der Waals surface area (Å²) in [5.74, 6) is -1.51. The Labute approximate surface area is 157 Å². The maximum atomic E-state index is 14.2. The fraction of sp³-hybridized carbons (Fsp3) is 0.235. The molecule has 146 valence electrons. The normalized spacial score (nSPS) is 13.1. The summed E-state index contributed by atoms with van der Waals surface area (Å²) in [5, 5.41) is 0. The fourth-order valence-corrected chi connectivity index (χ4v) is 4.15. The Hall–Kier alpha value is -2.30. The van der Waals surface area contributed by atoms with Crippen LogP contribution in [0.5, 0.6) is 0 Å². The predicted molar refractivity (Wildman–Crippen MR) is 99.8 cm³/mol. The lowest BCUT2D eigenvalue weighted by Crippen LogP contribution is -2.39. The highest BCUT2D eigenvalue weighted by molar-refractivity contribution is 7.92. The van der Waals surface area contributed by atoms with Gasteiger partial charge in [0.1, 0.15) is 10.7 Å². The lowest BCUT2D eigenvalue weighted by Gasteiger charge is -2.14. The van der Waals surface area contributed by atoms with Gasteiger partial charge in [0.15, 0.2) is 5.78 Å². The van der Waals surface area contributed by atoms with Crippen molar-refractivity contribution in [2.24, 2.45) is 0 Å². The highest BCUT2D eigenvalue weighted by Crippen LogP contribution is 2.20. The number of benzene rings is 2. The summed E-state index contributed by atoms with van der Waals surface area (Å²) in [5.41, 5.74) is 0.623. The molecule has 0 amide bonds. The van der Waals surface area contributed by atoms with Crippen LogP contribution in [0.25, 0.3) is 0 Å². The third-order valence-electron chi connectivity index (χ3n) is 3.56. The summed E-state index contributed by atoms with van der Waals surface area (Å²) in [6.07, 6.45) is 0.918. The van der Waals surface area contributed by atoms with Gasteiger partial charge in [-0.3, -0.25) is 9.52 Å². The van der Waals surface area contributed by atoms with Gasteiger partial charge in [0.25, 0.3) is 0 Å². The van der Waals surface area contributed by atoms with E-state index in [9.17, 15) is 26.0 Å². The van der Waals surface area contributed by atoms with Crippen molar-refractivity contribution >= 4 is 31.5 Å². The molecule has 0 spiro atoms. The van der Waals surface area contributed by atoms with Gasteiger partial charge in [-0.05, 0) is 30.7 Å². The Morgan fingerprint density at radius 3 is 2.26 bits per heavy atom. The molecule has 7 nitrogen and oxygen atoms in total. The molecule has 2 aromatic carbocycles. The van der Waals surface area contributed by atoms with Crippen LogP contribution in [-0.4, -0.2) is 34.9 Å². The third kappa shape index (κ3) is 6.12. The molecule has 0 aliphatic carbocycles. The number of hydrogen-bond acceptors (Lipinski definition) is 5. The van der Waals surface area contributed by atoms with Crippen molar-refractivity contribution in [1.29, 1.82) is 0 Å². The Morgan fingerprint density at radius 2 is 1.70 bits per heavy atom. The van der Waals surface area contributed by atoms with Crippen LogP contribution in [0.1, 0.15) is 12.5 Å². The van der Waals surface area contributed by atoms with Gasteiger partial charge in [-0.2, -0.15) is 0 Å². The number of ketones is 1. The van der Waals surface area contributed by atoms with Crippen molar-refractivity contribution < 1.29 is 26.0 Å². The zero-order valence-electron chi connectivity index (χ0n) is 14.6. The van der Waals surface area contributed by atoms with E-state index in [4.69, 9.17) is 0 Å². The van der Waals surface area contributed by atoms with Crippen molar-refractivity contribution in [3.8, 4) is 0 Å². The molecule has 27 heavy (non-hydrogen) atoms. The fourth-order valence-electron chi connectivity index (χ4n) is 2.31. The number of rotatable bonds is 8. The first kappa shape index (κ1) is 21.0. The Kier molecular flexibility index (Phi) is 6.34. The van der Waals surface area contributed by atoms with Crippen LogP contribution in [0.2, 0.25) is 0 Å². The van der Waals surface area contributed by atoms with Gasteiger partial charge < -0.3 is 0 Å². The molecule has 0 aliphatic heterocycles. The first-order valence-corrected chi connectivity index (χ1v) is 11.2. The maximum absolute atomic E-state index is 14.2. The van der Waals surface area contributed by atoms with E-state index in [1.807, 2.05) is 4.72 Å². The van der Waals surface area contributed by atoms with Gasteiger partial charge in [-0.25, -0.2) is 25.9 Å². The van der Waals surface area contributed by atoms with E-state index in [-0.39, 0.29) is 17.9 Å². The number of Topliss-reactive ketones (excluding diaryl/α,β-unsaturated/α-hetero) is 1. The van der Waals surface area contributed by atoms with E-state index in [0.29, 0.717) is 0 Å². The topological polar surface area (TPSA) is 109 Å². The molecule has 0 saturated carbocycles. The molecule has 0 heterocycles. The summed E-state index contributed by atoms with van der Waals surface area (Å²) >= 11 is 0. The van der Waals surface area contributed by atoms with Crippen molar-refractivity contribution in [2.75, 3.05) is 11.0 Å². The smallest absolute Gasteiger partial charge is 0.244 e. The third-order valence-corrected chi connectivity index (χ3v) is 5.74. The van der Waals surface area contributed by atoms with E-state index < -0.39 is 36.8 Å². The second-order valence-corrected chi connectivity index (χ2v) is 9.42. The van der Waals surface area contributed by atoms with E-state index in [1.165, 1.54) is 6.92 Å². The standard InChI is InChI=1S/C17H19FN2O5S2/c1-12(16(21)10-13-6-4-3-5-7-13)19-27(24,25)17-9-8-14(11-15(17)18)20-26(2,22)23/h3-9,11-12,19-20H,10H2,1-2H3/t12-/m1/s1. The summed E-state index contributed by atoms with van der Waals surface area (Å²) in [6, 6.07) is 10.5. The van der Waals surface area contributed by atoms with Crippen LogP contribution in [0.4, 0.5) is 10.1 Å².